The van der Waals surface area contributed by atoms with Crippen LogP contribution in [-0.4, -0.2) is 47.5 Å². The Morgan fingerprint density at radius 1 is 0.931 bits per heavy atom. The number of nitrogens with one attached hydrogen (secondary N) is 2. The molecule has 4 rings (SSSR count). The van der Waals surface area contributed by atoms with E-state index < -0.39 is 0 Å². The van der Waals surface area contributed by atoms with Crippen molar-refractivity contribution in [2.75, 3.05) is 41.9 Å². The number of rotatable bonds is 6. The Morgan fingerprint density at radius 3 is 2.41 bits per heavy atom. The number of para-hydroxylation sites is 1. The smallest absolute Gasteiger partial charge is 0.250 e. The number of hydrogen-bond acceptors (Lipinski definition) is 8. The average Bonchev–Trinajstić information content (AvgIpc) is 2.76. The Balaban J connectivity index is 1.55. The molecule has 1 aromatic heterocycles. The van der Waals surface area contributed by atoms with Gasteiger partial charge in [-0.15, -0.1) is 0 Å². The highest BCUT2D eigenvalue weighted by molar-refractivity contribution is 14.1. The van der Waals surface area contributed by atoms with E-state index in [4.69, 9.17) is 4.74 Å². The Bertz CT molecular complexity index is 960. The fraction of sp³-hybridized carbons (Fsp3) is 0.200. The van der Waals surface area contributed by atoms with Crippen LogP contribution in [0.5, 0.6) is 0 Å². The van der Waals surface area contributed by atoms with Gasteiger partial charge in [-0.1, -0.05) is 30.3 Å². The Morgan fingerprint density at radius 2 is 1.66 bits per heavy atom. The molecule has 148 valence electrons. The molecular formula is C20H20IN7O. The molecule has 1 aliphatic rings. The predicted octanol–water partition coefficient (Wildman–Crippen LogP) is 3.50. The third-order valence-corrected chi connectivity index (χ3v) is 4.91. The van der Waals surface area contributed by atoms with Gasteiger partial charge in [0.05, 0.1) is 19.4 Å². The molecule has 0 aliphatic carbocycles. The topological polar surface area (TPSA) is 87.6 Å². The van der Waals surface area contributed by atoms with Gasteiger partial charge in [-0.25, -0.2) is 5.43 Å². The minimum atomic E-state index is 0.377. The minimum Gasteiger partial charge on any atom is -0.378 e. The summed E-state index contributed by atoms with van der Waals surface area (Å²) in [7, 11) is 0. The van der Waals surface area contributed by atoms with Crippen molar-refractivity contribution in [1.82, 2.24) is 15.0 Å². The number of hydrogen-bond donors (Lipinski definition) is 2. The molecule has 0 bridgehead atoms. The van der Waals surface area contributed by atoms with Gasteiger partial charge in [-0.05, 0) is 52.4 Å². The monoisotopic (exact) mass is 501 g/mol. The second-order valence-corrected chi connectivity index (χ2v) is 7.54. The quantitative estimate of drug-likeness (QED) is 0.304. The highest BCUT2D eigenvalue weighted by Crippen LogP contribution is 2.18. The van der Waals surface area contributed by atoms with Gasteiger partial charge < -0.3 is 15.0 Å². The maximum Gasteiger partial charge on any atom is 0.250 e. The van der Waals surface area contributed by atoms with Crippen LogP contribution in [0.25, 0.3) is 0 Å². The molecule has 9 heteroatoms. The molecule has 8 nitrogen and oxygen atoms in total. The van der Waals surface area contributed by atoms with Crippen molar-refractivity contribution in [3.8, 4) is 0 Å². The summed E-state index contributed by atoms with van der Waals surface area (Å²) in [4.78, 5) is 15.6. The van der Waals surface area contributed by atoms with Crippen molar-refractivity contribution >= 4 is 52.3 Å². The summed E-state index contributed by atoms with van der Waals surface area (Å²) < 4.78 is 6.61. The molecule has 3 aromatic rings. The first-order chi connectivity index (χ1) is 14.3. The molecule has 1 fully saturated rings. The van der Waals surface area contributed by atoms with Crippen LogP contribution >= 0.6 is 22.6 Å². The molecule has 29 heavy (non-hydrogen) atoms. The van der Waals surface area contributed by atoms with Gasteiger partial charge in [0.1, 0.15) is 0 Å². The van der Waals surface area contributed by atoms with Crippen LogP contribution in [-0.2, 0) is 4.74 Å². The molecule has 0 unspecified atom stereocenters. The fourth-order valence-corrected chi connectivity index (χ4v) is 3.10. The summed E-state index contributed by atoms with van der Waals surface area (Å²) >= 11 is 2.27. The van der Waals surface area contributed by atoms with Crippen molar-refractivity contribution in [2.24, 2.45) is 5.10 Å². The van der Waals surface area contributed by atoms with Crippen molar-refractivity contribution in [2.45, 2.75) is 0 Å². The summed E-state index contributed by atoms with van der Waals surface area (Å²) in [5.41, 5.74) is 4.81. The standard InChI is InChI=1S/C20H20IN7O/c21-16-8-6-15(7-9-16)14-22-27-19-24-18(23-17-4-2-1-3-5-17)25-20(26-19)28-10-12-29-13-11-28/h1-9,14H,10-13H2,(H2,23,24,25,26,27). The summed E-state index contributed by atoms with van der Waals surface area (Å²) in [6, 6.07) is 17.9. The van der Waals surface area contributed by atoms with Crippen molar-refractivity contribution < 1.29 is 4.74 Å². The summed E-state index contributed by atoms with van der Waals surface area (Å²) in [5.74, 6) is 1.43. The predicted molar refractivity (Wildman–Crippen MR) is 123 cm³/mol. The number of benzene rings is 2. The normalized spacial score (nSPS) is 14.2. The van der Waals surface area contributed by atoms with Crippen LogP contribution in [0, 0.1) is 3.57 Å². The van der Waals surface area contributed by atoms with Crippen LogP contribution in [0.2, 0.25) is 0 Å². The van der Waals surface area contributed by atoms with E-state index in [1.807, 2.05) is 54.6 Å². The third-order valence-electron chi connectivity index (χ3n) is 4.20. The maximum absolute atomic E-state index is 5.43. The van der Waals surface area contributed by atoms with Crippen LogP contribution in [0.4, 0.5) is 23.5 Å². The highest BCUT2D eigenvalue weighted by Gasteiger charge is 2.16. The van der Waals surface area contributed by atoms with E-state index >= 15 is 0 Å². The Hall–Kier alpha value is -2.79. The van der Waals surface area contributed by atoms with Crippen LogP contribution in [0.3, 0.4) is 0 Å². The Kier molecular flexibility index (Phi) is 6.47. The number of anilines is 4. The van der Waals surface area contributed by atoms with E-state index in [0.29, 0.717) is 31.1 Å². The van der Waals surface area contributed by atoms with E-state index in [9.17, 15) is 0 Å². The first kappa shape index (κ1) is 19.5. The fourth-order valence-electron chi connectivity index (χ4n) is 2.74. The van der Waals surface area contributed by atoms with Gasteiger partial charge in [0.25, 0.3) is 0 Å². The molecule has 0 saturated carbocycles. The zero-order valence-corrected chi connectivity index (χ0v) is 17.8. The van der Waals surface area contributed by atoms with Crippen LogP contribution in [0.15, 0.2) is 59.7 Å². The highest BCUT2D eigenvalue weighted by atomic mass is 127. The molecule has 0 spiro atoms. The molecule has 2 aromatic carbocycles. The summed E-state index contributed by atoms with van der Waals surface area (Å²) in [6.45, 7) is 2.78. The second-order valence-electron chi connectivity index (χ2n) is 6.29. The summed E-state index contributed by atoms with van der Waals surface area (Å²) in [6.07, 6.45) is 1.73. The number of nitrogens with zero attached hydrogens (tertiary/aromatic N) is 5. The zero-order chi connectivity index (χ0) is 19.9. The second kappa shape index (κ2) is 9.61. The van der Waals surface area contributed by atoms with E-state index in [0.717, 1.165) is 24.3 Å². The van der Waals surface area contributed by atoms with Crippen molar-refractivity contribution in [1.29, 1.82) is 0 Å². The van der Waals surface area contributed by atoms with E-state index in [-0.39, 0.29) is 0 Å². The zero-order valence-electron chi connectivity index (χ0n) is 15.6. The van der Waals surface area contributed by atoms with Crippen molar-refractivity contribution in [3.63, 3.8) is 0 Å². The van der Waals surface area contributed by atoms with Gasteiger partial charge in [0, 0.05) is 22.3 Å². The number of ether oxygens (including phenoxy) is 1. The molecule has 1 aliphatic heterocycles. The molecule has 2 heterocycles. The molecule has 1 saturated heterocycles. The van der Waals surface area contributed by atoms with E-state index in [1.54, 1.807) is 6.21 Å². The molecule has 0 radical (unpaired) electrons. The lowest BCUT2D eigenvalue weighted by atomic mass is 10.2. The Labute approximate surface area is 182 Å². The van der Waals surface area contributed by atoms with Gasteiger partial charge in [-0.3, -0.25) is 0 Å². The largest absolute Gasteiger partial charge is 0.378 e. The van der Waals surface area contributed by atoms with Crippen LogP contribution in [0.1, 0.15) is 5.56 Å². The number of halogens is 1. The lowest BCUT2D eigenvalue weighted by Crippen LogP contribution is -2.37. The van der Waals surface area contributed by atoms with Gasteiger partial charge in [-0.2, -0.15) is 20.1 Å². The number of aromatic nitrogens is 3. The number of morpholine rings is 1. The van der Waals surface area contributed by atoms with E-state index in [1.165, 1.54) is 3.57 Å². The summed E-state index contributed by atoms with van der Waals surface area (Å²) in [5, 5.41) is 7.50. The van der Waals surface area contributed by atoms with Crippen LogP contribution < -0.4 is 15.6 Å². The van der Waals surface area contributed by atoms with Gasteiger partial charge >= 0.3 is 0 Å². The first-order valence-electron chi connectivity index (χ1n) is 9.22. The van der Waals surface area contributed by atoms with Gasteiger partial charge in [0.15, 0.2) is 0 Å². The van der Waals surface area contributed by atoms with Gasteiger partial charge in [0.2, 0.25) is 17.8 Å². The SMILES string of the molecule is Ic1ccc(C=NNc2nc(Nc3ccccc3)nc(N3CCOCC3)n2)cc1. The van der Waals surface area contributed by atoms with E-state index in [2.05, 4.69) is 58.3 Å². The maximum atomic E-state index is 5.43. The van der Waals surface area contributed by atoms with Crippen molar-refractivity contribution in [3.05, 3.63) is 63.7 Å². The lowest BCUT2D eigenvalue weighted by Gasteiger charge is -2.27. The molecule has 0 atom stereocenters. The number of hydrazone groups is 1. The third kappa shape index (κ3) is 5.61. The first-order valence-corrected chi connectivity index (χ1v) is 10.3. The minimum absolute atomic E-state index is 0.377. The average molecular weight is 501 g/mol. The molecule has 0 amide bonds. The lowest BCUT2D eigenvalue weighted by molar-refractivity contribution is 0.122. The molecule has 2 N–H and O–H groups in total. The molecular weight excluding hydrogens is 481 g/mol.